The Labute approximate surface area is 106 Å². The van der Waals surface area contributed by atoms with Gasteiger partial charge in [0.05, 0.1) is 0 Å². The van der Waals surface area contributed by atoms with Crippen LogP contribution in [0.2, 0.25) is 0 Å². The summed E-state index contributed by atoms with van der Waals surface area (Å²) in [5.41, 5.74) is 0. The first-order chi connectivity index (χ1) is 7.97. The molecule has 0 radical (unpaired) electrons. The van der Waals surface area contributed by atoms with Gasteiger partial charge in [-0.15, -0.1) is 0 Å². The maximum atomic E-state index is 11.6. The number of amides is 1. The highest BCUT2D eigenvalue weighted by atomic mass is 16.5. The summed E-state index contributed by atoms with van der Waals surface area (Å²) in [5, 5.41) is 2.96. The molecule has 0 rings (SSSR count). The molecule has 0 aliphatic rings. The highest BCUT2D eigenvalue weighted by molar-refractivity contribution is 5.80. The first-order valence-corrected chi connectivity index (χ1v) is 6.44. The van der Waals surface area contributed by atoms with E-state index in [1.54, 1.807) is 14.0 Å². The number of carbonyl (C=O) groups excluding carboxylic acids is 1. The Morgan fingerprint density at radius 3 is 2.18 bits per heavy atom. The molecule has 17 heavy (non-hydrogen) atoms. The fourth-order valence-corrected chi connectivity index (χ4v) is 2.06. The number of ether oxygens (including phenoxy) is 1. The van der Waals surface area contributed by atoms with Crippen molar-refractivity contribution < 1.29 is 9.53 Å². The Morgan fingerprint density at radius 1 is 1.29 bits per heavy atom. The zero-order valence-electron chi connectivity index (χ0n) is 12.1. The molecule has 0 aromatic heterocycles. The second-order valence-electron chi connectivity index (χ2n) is 4.73. The van der Waals surface area contributed by atoms with Crippen molar-refractivity contribution in [3.63, 3.8) is 0 Å². The first kappa shape index (κ1) is 16.4. The van der Waals surface area contributed by atoms with E-state index in [1.165, 1.54) is 0 Å². The lowest BCUT2D eigenvalue weighted by Gasteiger charge is -2.31. The van der Waals surface area contributed by atoms with Crippen molar-refractivity contribution in [3.05, 3.63) is 0 Å². The van der Waals surface area contributed by atoms with Crippen molar-refractivity contribution >= 4 is 5.91 Å². The molecule has 2 unspecified atom stereocenters. The molecule has 0 heterocycles. The van der Waals surface area contributed by atoms with Crippen LogP contribution in [0.4, 0.5) is 0 Å². The Bertz CT molecular complexity index is 215. The van der Waals surface area contributed by atoms with Gasteiger partial charge in [0.25, 0.3) is 0 Å². The first-order valence-electron chi connectivity index (χ1n) is 6.44. The number of hydrogen-bond acceptors (Lipinski definition) is 3. The van der Waals surface area contributed by atoms with Crippen molar-refractivity contribution in [1.82, 2.24) is 10.2 Å². The van der Waals surface area contributed by atoms with E-state index in [1.807, 2.05) is 0 Å². The predicted octanol–water partition coefficient (Wildman–Crippen LogP) is 1.50. The van der Waals surface area contributed by atoms with Gasteiger partial charge in [-0.2, -0.15) is 0 Å². The summed E-state index contributed by atoms with van der Waals surface area (Å²) < 4.78 is 4.99. The van der Waals surface area contributed by atoms with Gasteiger partial charge >= 0.3 is 0 Å². The number of methoxy groups -OCH3 is 1. The Hall–Kier alpha value is -0.610. The number of nitrogens with zero attached hydrogens (tertiary/aromatic N) is 1. The summed E-state index contributed by atoms with van der Waals surface area (Å²) in [6, 6.07) is 0.387. The highest BCUT2D eigenvalue weighted by Crippen LogP contribution is 2.16. The molecule has 1 amide bonds. The molecule has 0 aliphatic heterocycles. The quantitative estimate of drug-likeness (QED) is 0.703. The summed E-state index contributed by atoms with van der Waals surface area (Å²) in [7, 11) is 5.68. The second-order valence-corrected chi connectivity index (χ2v) is 4.73. The lowest BCUT2D eigenvalue weighted by atomic mass is 9.93. The molecule has 4 heteroatoms. The zero-order valence-corrected chi connectivity index (χ0v) is 12.1. The van der Waals surface area contributed by atoms with Crippen LogP contribution >= 0.6 is 0 Å². The van der Waals surface area contributed by atoms with Crippen LogP contribution in [0.25, 0.3) is 0 Å². The van der Waals surface area contributed by atoms with E-state index < -0.39 is 0 Å². The van der Waals surface area contributed by atoms with Gasteiger partial charge in [0.15, 0.2) is 0 Å². The molecule has 0 aromatic rings. The summed E-state index contributed by atoms with van der Waals surface area (Å²) in [5.74, 6) is 0.577. The summed E-state index contributed by atoms with van der Waals surface area (Å²) in [4.78, 5) is 13.8. The standard InChI is InChI=1S/C13H28N2O2/c1-7-11(8-2)12(15(4)5)9-14-13(16)10(3)17-6/h10-12H,7-9H2,1-6H3,(H,14,16). The Morgan fingerprint density at radius 2 is 1.82 bits per heavy atom. The largest absolute Gasteiger partial charge is 0.372 e. The maximum absolute atomic E-state index is 11.6. The summed E-state index contributed by atoms with van der Waals surface area (Å²) >= 11 is 0. The second kappa shape index (κ2) is 8.48. The molecule has 0 spiro atoms. The van der Waals surface area contributed by atoms with Crippen LogP contribution in [-0.4, -0.2) is 50.7 Å². The molecule has 0 saturated carbocycles. The lowest BCUT2D eigenvalue weighted by molar-refractivity contribution is -0.130. The van der Waals surface area contributed by atoms with Crippen LogP contribution in [0.5, 0.6) is 0 Å². The third-order valence-electron chi connectivity index (χ3n) is 3.46. The van der Waals surface area contributed by atoms with Crippen LogP contribution in [0.15, 0.2) is 0 Å². The molecular weight excluding hydrogens is 216 g/mol. The number of nitrogens with one attached hydrogen (secondary N) is 1. The van der Waals surface area contributed by atoms with Gasteiger partial charge in [-0.25, -0.2) is 0 Å². The number of hydrogen-bond donors (Lipinski definition) is 1. The number of carbonyl (C=O) groups is 1. The van der Waals surface area contributed by atoms with Gasteiger partial charge in [-0.1, -0.05) is 26.7 Å². The molecule has 0 fully saturated rings. The van der Waals surface area contributed by atoms with E-state index in [9.17, 15) is 4.79 Å². The van der Waals surface area contributed by atoms with Crippen LogP contribution in [0.3, 0.4) is 0 Å². The zero-order chi connectivity index (χ0) is 13.4. The molecule has 0 aliphatic carbocycles. The van der Waals surface area contributed by atoms with E-state index in [-0.39, 0.29) is 12.0 Å². The normalized spacial score (nSPS) is 15.1. The molecular formula is C13H28N2O2. The van der Waals surface area contributed by atoms with Gasteiger partial charge in [-0.05, 0) is 26.9 Å². The Balaban J connectivity index is 4.32. The van der Waals surface area contributed by atoms with E-state index in [0.29, 0.717) is 18.5 Å². The van der Waals surface area contributed by atoms with Crippen molar-refractivity contribution in [2.75, 3.05) is 27.7 Å². The van der Waals surface area contributed by atoms with Crippen molar-refractivity contribution in [3.8, 4) is 0 Å². The van der Waals surface area contributed by atoms with Gasteiger partial charge in [0.1, 0.15) is 6.10 Å². The smallest absolute Gasteiger partial charge is 0.248 e. The fraction of sp³-hybridized carbons (Fsp3) is 0.923. The minimum absolute atomic E-state index is 0.0368. The summed E-state index contributed by atoms with van der Waals surface area (Å²) in [6.45, 7) is 6.84. The van der Waals surface area contributed by atoms with Gasteiger partial charge in [0.2, 0.25) is 5.91 Å². The van der Waals surface area contributed by atoms with E-state index in [4.69, 9.17) is 4.74 Å². The third-order valence-corrected chi connectivity index (χ3v) is 3.46. The molecule has 102 valence electrons. The number of rotatable bonds is 8. The van der Waals surface area contributed by atoms with Crippen LogP contribution in [0, 0.1) is 5.92 Å². The van der Waals surface area contributed by atoms with Gasteiger partial charge < -0.3 is 15.0 Å². The average molecular weight is 244 g/mol. The minimum atomic E-state index is -0.375. The SMILES string of the molecule is CCC(CC)C(CNC(=O)C(C)OC)N(C)C. The topological polar surface area (TPSA) is 41.6 Å². The molecule has 0 aromatic carbocycles. The van der Waals surface area contributed by atoms with Crippen molar-refractivity contribution in [1.29, 1.82) is 0 Å². The lowest BCUT2D eigenvalue weighted by Crippen LogP contribution is -2.46. The monoisotopic (exact) mass is 244 g/mol. The highest BCUT2D eigenvalue weighted by Gasteiger charge is 2.22. The Kier molecular flexibility index (Phi) is 8.17. The molecule has 0 bridgehead atoms. The van der Waals surface area contributed by atoms with Gasteiger partial charge in [-0.3, -0.25) is 4.79 Å². The van der Waals surface area contributed by atoms with Crippen LogP contribution < -0.4 is 5.32 Å². The summed E-state index contributed by atoms with van der Waals surface area (Å²) in [6.07, 6.45) is 1.89. The van der Waals surface area contributed by atoms with Crippen LogP contribution in [-0.2, 0) is 9.53 Å². The molecule has 2 atom stereocenters. The minimum Gasteiger partial charge on any atom is -0.372 e. The van der Waals surface area contributed by atoms with E-state index >= 15 is 0 Å². The van der Waals surface area contributed by atoms with E-state index in [2.05, 4.69) is 38.2 Å². The molecule has 4 nitrogen and oxygen atoms in total. The van der Waals surface area contributed by atoms with Gasteiger partial charge in [0, 0.05) is 19.7 Å². The van der Waals surface area contributed by atoms with Crippen molar-refractivity contribution in [2.24, 2.45) is 5.92 Å². The predicted molar refractivity (Wildman–Crippen MR) is 71.0 cm³/mol. The molecule has 1 N–H and O–H groups in total. The maximum Gasteiger partial charge on any atom is 0.248 e. The van der Waals surface area contributed by atoms with E-state index in [0.717, 1.165) is 12.8 Å². The number of likely N-dealkylation sites (N-methyl/N-ethyl adjacent to an activating group) is 1. The fourth-order valence-electron chi connectivity index (χ4n) is 2.06. The average Bonchev–Trinajstić information content (AvgIpc) is 2.32. The third kappa shape index (κ3) is 5.50. The van der Waals surface area contributed by atoms with Crippen LogP contribution in [0.1, 0.15) is 33.6 Å². The molecule has 0 saturated heterocycles. The van der Waals surface area contributed by atoms with Crippen molar-refractivity contribution in [2.45, 2.75) is 45.8 Å².